The van der Waals surface area contributed by atoms with Crippen LogP contribution in [0.4, 0.5) is 0 Å². The molecule has 0 spiro atoms. The predicted octanol–water partition coefficient (Wildman–Crippen LogP) is 3.16. The molecule has 0 aromatic rings. The van der Waals surface area contributed by atoms with Crippen molar-refractivity contribution < 1.29 is 4.74 Å². The van der Waals surface area contributed by atoms with Gasteiger partial charge in [-0.15, -0.1) is 0 Å². The lowest BCUT2D eigenvalue weighted by Crippen LogP contribution is -2.31. The Labute approximate surface area is 117 Å². The molecule has 0 radical (unpaired) electrons. The maximum atomic E-state index is 6.00. The van der Waals surface area contributed by atoms with Gasteiger partial charge in [0.25, 0.3) is 0 Å². The van der Waals surface area contributed by atoms with Crippen molar-refractivity contribution >= 4 is 15.9 Å². The summed E-state index contributed by atoms with van der Waals surface area (Å²) in [7, 11) is 0. The number of hydrogen-bond acceptors (Lipinski definition) is 3. The van der Waals surface area contributed by atoms with Gasteiger partial charge in [-0.3, -0.25) is 0 Å². The topological polar surface area (TPSA) is 33.3 Å². The van der Waals surface area contributed by atoms with Crippen molar-refractivity contribution in [2.75, 3.05) is 13.1 Å². The fourth-order valence-electron chi connectivity index (χ4n) is 2.13. The summed E-state index contributed by atoms with van der Waals surface area (Å²) >= 11 is 3.54. The predicted molar refractivity (Wildman–Crippen MR) is 78.2 cm³/mol. The molecule has 0 bridgehead atoms. The van der Waals surface area contributed by atoms with Crippen molar-refractivity contribution in [2.24, 2.45) is 0 Å². The number of hydrogen-bond donors (Lipinski definition) is 2. The van der Waals surface area contributed by atoms with Crippen LogP contribution in [0.25, 0.3) is 0 Å². The largest absolute Gasteiger partial charge is 0.469 e. The van der Waals surface area contributed by atoms with Crippen LogP contribution in [-0.2, 0) is 4.74 Å². The molecule has 0 saturated heterocycles. The van der Waals surface area contributed by atoms with Crippen LogP contribution in [0.15, 0.2) is 33.7 Å². The third kappa shape index (κ3) is 3.18. The van der Waals surface area contributed by atoms with Crippen molar-refractivity contribution in [2.45, 2.75) is 39.3 Å². The van der Waals surface area contributed by atoms with Crippen molar-refractivity contribution in [1.29, 1.82) is 0 Å². The maximum Gasteiger partial charge on any atom is 0.192 e. The minimum absolute atomic E-state index is 0.0216. The highest BCUT2D eigenvalue weighted by Gasteiger charge is 2.27. The van der Waals surface area contributed by atoms with Gasteiger partial charge in [0.15, 0.2) is 6.23 Å². The first-order valence-electron chi connectivity index (χ1n) is 6.65. The van der Waals surface area contributed by atoms with E-state index in [0.29, 0.717) is 0 Å². The Morgan fingerprint density at radius 3 is 2.89 bits per heavy atom. The van der Waals surface area contributed by atoms with E-state index in [4.69, 9.17) is 4.74 Å². The number of rotatable bonds is 4. The summed E-state index contributed by atoms with van der Waals surface area (Å²) in [6, 6.07) is 0. The Balaban J connectivity index is 2.03. The summed E-state index contributed by atoms with van der Waals surface area (Å²) in [5, 5.41) is 6.82. The highest BCUT2D eigenvalue weighted by atomic mass is 79.9. The summed E-state index contributed by atoms with van der Waals surface area (Å²) in [6.07, 6.45) is 7.31. The van der Waals surface area contributed by atoms with E-state index < -0.39 is 0 Å². The SMILES string of the molecule is CC/C(Br)=C\C=C(/CC)C1NC2=C(CCNC2)O1. The molecule has 2 aliphatic rings. The smallest absolute Gasteiger partial charge is 0.192 e. The lowest BCUT2D eigenvalue weighted by atomic mass is 10.1. The first kappa shape index (κ1) is 13.7. The standard InChI is InChI=1S/C14H21BrN2O/c1-3-10(5-6-11(15)4-2)14-17-12-9-16-8-7-13(12)18-14/h5-6,14,16-17H,3-4,7-9H2,1-2H3/b10-5+,11-6+. The van der Waals surface area contributed by atoms with E-state index in [1.807, 2.05) is 0 Å². The molecule has 0 saturated carbocycles. The Kier molecular flexibility index (Phi) is 4.89. The Hall–Kier alpha value is -0.740. The quantitative estimate of drug-likeness (QED) is 0.782. The summed E-state index contributed by atoms with van der Waals surface area (Å²) in [4.78, 5) is 0. The Morgan fingerprint density at radius 1 is 1.39 bits per heavy atom. The van der Waals surface area contributed by atoms with E-state index in [2.05, 4.69) is 52.6 Å². The molecule has 3 nitrogen and oxygen atoms in total. The van der Waals surface area contributed by atoms with Gasteiger partial charge < -0.3 is 15.4 Å². The minimum atomic E-state index is 0.0216. The van der Waals surface area contributed by atoms with Crippen LogP contribution in [0, 0.1) is 0 Å². The second kappa shape index (κ2) is 6.43. The molecule has 0 aliphatic carbocycles. The van der Waals surface area contributed by atoms with Crippen LogP contribution >= 0.6 is 15.9 Å². The zero-order valence-electron chi connectivity index (χ0n) is 11.1. The minimum Gasteiger partial charge on any atom is -0.469 e. The normalized spacial score (nSPS) is 24.7. The Morgan fingerprint density at radius 2 is 2.22 bits per heavy atom. The van der Waals surface area contributed by atoms with Gasteiger partial charge in [0.1, 0.15) is 5.76 Å². The highest BCUT2D eigenvalue weighted by Crippen LogP contribution is 2.26. The molecule has 1 unspecified atom stereocenters. The summed E-state index contributed by atoms with van der Waals surface area (Å²) in [5.74, 6) is 1.14. The van der Waals surface area contributed by atoms with Crippen LogP contribution < -0.4 is 10.6 Å². The Bertz CT molecular complexity index is 381. The van der Waals surface area contributed by atoms with Gasteiger partial charge >= 0.3 is 0 Å². The molecule has 2 N–H and O–H groups in total. The molecule has 4 heteroatoms. The van der Waals surface area contributed by atoms with Crippen molar-refractivity contribution in [3.63, 3.8) is 0 Å². The van der Waals surface area contributed by atoms with Crippen LogP contribution in [0.3, 0.4) is 0 Å². The molecule has 2 aliphatic heterocycles. The molecule has 100 valence electrons. The zero-order valence-corrected chi connectivity index (χ0v) is 12.6. The van der Waals surface area contributed by atoms with Gasteiger partial charge in [-0.1, -0.05) is 41.9 Å². The molecule has 1 atom stereocenters. The average Bonchev–Trinajstić information content (AvgIpc) is 2.82. The summed E-state index contributed by atoms with van der Waals surface area (Å²) in [6.45, 7) is 6.22. The zero-order chi connectivity index (χ0) is 13.0. The van der Waals surface area contributed by atoms with Crippen molar-refractivity contribution in [3.8, 4) is 0 Å². The fourth-order valence-corrected chi connectivity index (χ4v) is 2.26. The van der Waals surface area contributed by atoms with Gasteiger partial charge in [-0.05, 0) is 22.9 Å². The molecular formula is C14H21BrN2O. The monoisotopic (exact) mass is 312 g/mol. The number of ether oxygens (including phenoxy) is 1. The van der Waals surface area contributed by atoms with E-state index in [0.717, 1.165) is 38.1 Å². The first-order chi connectivity index (χ1) is 8.74. The molecule has 18 heavy (non-hydrogen) atoms. The summed E-state index contributed by atoms with van der Waals surface area (Å²) < 4.78 is 7.21. The average molecular weight is 313 g/mol. The van der Waals surface area contributed by atoms with Gasteiger partial charge in [0.05, 0.1) is 5.70 Å². The molecular weight excluding hydrogens is 292 g/mol. The van der Waals surface area contributed by atoms with E-state index >= 15 is 0 Å². The lowest BCUT2D eigenvalue weighted by Gasteiger charge is -2.15. The molecule has 0 fully saturated rings. The van der Waals surface area contributed by atoms with E-state index in [1.54, 1.807) is 0 Å². The highest BCUT2D eigenvalue weighted by molar-refractivity contribution is 9.11. The van der Waals surface area contributed by atoms with Crippen LogP contribution in [0.2, 0.25) is 0 Å². The molecule has 2 heterocycles. The fraction of sp³-hybridized carbons (Fsp3) is 0.571. The van der Waals surface area contributed by atoms with E-state index in [9.17, 15) is 0 Å². The number of nitrogens with one attached hydrogen (secondary N) is 2. The molecule has 0 aromatic heterocycles. The van der Waals surface area contributed by atoms with E-state index in [1.165, 1.54) is 15.8 Å². The first-order valence-corrected chi connectivity index (χ1v) is 7.45. The number of allylic oxidation sites excluding steroid dienone is 3. The van der Waals surface area contributed by atoms with E-state index in [-0.39, 0.29) is 6.23 Å². The molecule has 0 amide bonds. The van der Waals surface area contributed by atoms with Gasteiger partial charge in [0.2, 0.25) is 0 Å². The summed E-state index contributed by atoms with van der Waals surface area (Å²) in [5.41, 5.74) is 2.51. The molecule has 2 rings (SSSR count). The van der Waals surface area contributed by atoms with Crippen molar-refractivity contribution in [3.05, 3.63) is 33.7 Å². The van der Waals surface area contributed by atoms with Gasteiger partial charge in [-0.2, -0.15) is 0 Å². The maximum absolute atomic E-state index is 6.00. The van der Waals surface area contributed by atoms with Gasteiger partial charge in [-0.25, -0.2) is 0 Å². The van der Waals surface area contributed by atoms with Gasteiger partial charge in [0, 0.05) is 19.5 Å². The second-order valence-electron chi connectivity index (χ2n) is 4.53. The van der Waals surface area contributed by atoms with Crippen LogP contribution in [0.1, 0.15) is 33.1 Å². The third-order valence-corrected chi connectivity index (χ3v) is 4.12. The van der Waals surface area contributed by atoms with Crippen LogP contribution in [0.5, 0.6) is 0 Å². The van der Waals surface area contributed by atoms with Crippen molar-refractivity contribution in [1.82, 2.24) is 10.6 Å². The third-order valence-electron chi connectivity index (χ3n) is 3.29. The second-order valence-corrected chi connectivity index (χ2v) is 5.55. The van der Waals surface area contributed by atoms with Crippen LogP contribution in [-0.4, -0.2) is 19.3 Å². The molecule has 0 aromatic carbocycles. The lowest BCUT2D eigenvalue weighted by molar-refractivity contribution is 0.149. The number of halogens is 1.